The Bertz CT molecular complexity index is 812. The van der Waals surface area contributed by atoms with Gasteiger partial charge in [0.05, 0.1) is 5.69 Å². The van der Waals surface area contributed by atoms with Crippen molar-refractivity contribution in [2.45, 2.75) is 20.3 Å². The number of anilines is 2. The van der Waals surface area contributed by atoms with Crippen LogP contribution in [0.15, 0.2) is 36.4 Å². The minimum atomic E-state index is -0.857. The summed E-state index contributed by atoms with van der Waals surface area (Å²) in [7, 11) is 0. The number of amides is 2. The lowest BCUT2D eigenvalue weighted by Crippen LogP contribution is -2.32. The van der Waals surface area contributed by atoms with Crippen molar-refractivity contribution >= 4 is 34.8 Å². The minimum absolute atomic E-state index is 0.0314. The van der Waals surface area contributed by atoms with E-state index >= 15 is 0 Å². The molecule has 0 heterocycles. The van der Waals surface area contributed by atoms with Crippen LogP contribution in [-0.2, 0) is 9.59 Å². The van der Waals surface area contributed by atoms with Crippen LogP contribution in [0.3, 0.4) is 0 Å². The van der Waals surface area contributed by atoms with Crippen LogP contribution in [0.5, 0.6) is 0 Å². The van der Waals surface area contributed by atoms with E-state index in [0.717, 1.165) is 16.5 Å². The van der Waals surface area contributed by atoms with Gasteiger partial charge in [-0.2, -0.15) is 0 Å². The molecule has 132 valence electrons. The lowest BCUT2D eigenvalue weighted by molar-refractivity contribution is -0.117. The average molecular weight is 367 g/mol. The molecule has 2 aromatic carbocycles. The fourth-order valence-corrected chi connectivity index (χ4v) is 2.57. The first-order valence-electron chi connectivity index (χ1n) is 7.57. The summed E-state index contributed by atoms with van der Waals surface area (Å²) in [5.74, 6) is -2.37. The summed E-state index contributed by atoms with van der Waals surface area (Å²) in [6.45, 7) is 3.03. The normalized spacial score (nSPS) is 10.4. The summed E-state index contributed by atoms with van der Waals surface area (Å²) < 4.78 is 26.9. The van der Waals surface area contributed by atoms with E-state index in [2.05, 4.69) is 5.32 Å². The number of rotatable bonds is 5. The van der Waals surface area contributed by atoms with Gasteiger partial charge >= 0.3 is 0 Å². The smallest absolute Gasteiger partial charge is 0.226 e. The second kappa shape index (κ2) is 8.07. The monoisotopic (exact) mass is 366 g/mol. The van der Waals surface area contributed by atoms with Crippen molar-refractivity contribution in [2.75, 3.05) is 16.8 Å². The van der Waals surface area contributed by atoms with Crippen LogP contribution in [-0.4, -0.2) is 18.4 Å². The minimum Gasteiger partial charge on any atom is -0.326 e. The van der Waals surface area contributed by atoms with Gasteiger partial charge < -0.3 is 10.2 Å². The van der Waals surface area contributed by atoms with Gasteiger partial charge in [-0.05, 0) is 42.8 Å². The molecule has 0 spiro atoms. The van der Waals surface area contributed by atoms with Gasteiger partial charge in [0.1, 0.15) is 11.6 Å². The second-order valence-corrected chi connectivity index (χ2v) is 5.96. The number of nitrogens with zero attached hydrogens (tertiary/aromatic N) is 1. The van der Waals surface area contributed by atoms with E-state index in [1.807, 2.05) is 0 Å². The molecule has 0 radical (unpaired) electrons. The molecule has 0 aromatic heterocycles. The Morgan fingerprint density at radius 2 is 1.88 bits per heavy atom. The molecule has 0 saturated carbocycles. The quantitative estimate of drug-likeness (QED) is 0.857. The Hall–Kier alpha value is -2.47. The highest BCUT2D eigenvalue weighted by molar-refractivity contribution is 6.30. The van der Waals surface area contributed by atoms with E-state index in [4.69, 9.17) is 11.6 Å². The zero-order chi connectivity index (χ0) is 18.6. The van der Waals surface area contributed by atoms with Crippen LogP contribution >= 0.6 is 11.6 Å². The highest BCUT2D eigenvalue weighted by Gasteiger charge is 2.18. The number of hydrogen-bond donors (Lipinski definition) is 1. The maximum absolute atomic E-state index is 13.9. The number of benzene rings is 2. The molecular formula is C18H17ClF2N2O2. The molecule has 0 aliphatic heterocycles. The third-order valence-electron chi connectivity index (χ3n) is 3.61. The van der Waals surface area contributed by atoms with Gasteiger partial charge in [0.2, 0.25) is 11.8 Å². The SMILES string of the molecule is CC(=O)N(CCC(=O)Nc1ccc(Cl)cc1C)c1ccc(F)cc1F. The summed E-state index contributed by atoms with van der Waals surface area (Å²) in [4.78, 5) is 25.0. The van der Waals surface area contributed by atoms with E-state index in [1.165, 1.54) is 13.0 Å². The number of halogens is 3. The fourth-order valence-electron chi connectivity index (χ4n) is 2.34. The number of nitrogens with one attached hydrogen (secondary N) is 1. The van der Waals surface area contributed by atoms with E-state index < -0.39 is 17.5 Å². The van der Waals surface area contributed by atoms with Gasteiger partial charge in [-0.3, -0.25) is 9.59 Å². The number of hydrogen-bond acceptors (Lipinski definition) is 2. The topological polar surface area (TPSA) is 49.4 Å². The zero-order valence-corrected chi connectivity index (χ0v) is 14.5. The molecule has 2 aromatic rings. The molecule has 0 fully saturated rings. The third-order valence-corrected chi connectivity index (χ3v) is 3.84. The molecule has 0 saturated heterocycles. The first kappa shape index (κ1) is 18.9. The van der Waals surface area contributed by atoms with Crippen molar-refractivity contribution in [2.24, 2.45) is 0 Å². The van der Waals surface area contributed by atoms with Crippen LogP contribution < -0.4 is 10.2 Å². The highest BCUT2D eigenvalue weighted by Crippen LogP contribution is 2.22. The van der Waals surface area contributed by atoms with Crippen molar-refractivity contribution < 1.29 is 18.4 Å². The number of carbonyl (C=O) groups excluding carboxylic acids is 2. The second-order valence-electron chi connectivity index (χ2n) is 5.52. The van der Waals surface area contributed by atoms with Crippen LogP contribution in [0.1, 0.15) is 18.9 Å². The predicted octanol–water partition coefficient (Wildman–Crippen LogP) is 4.31. The average Bonchev–Trinajstić information content (AvgIpc) is 2.52. The Morgan fingerprint density at radius 1 is 1.16 bits per heavy atom. The molecule has 0 aliphatic carbocycles. The standard InChI is InChI=1S/C18H17ClF2N2O2/c1-11-9-13(19)3-5-16(11)22-18(25)7-8-23(12(2)24)17-6-4-14(20)10-15(17)21/h3-6,9-10H,7-8H2,1-2H3,(H,22,25). The maximum atomic E-state index is 13.9. The Kier molecular flexibility index (Phi) is 6.09. The molecule has 0 atom stereocenters. The van der Waals surface area contributed by atoms with E-state index in [1.54, 1.807) is 25.1 Å². The van der Waals surface area contributed by atoms with Crippen LogP contribution in [0, 0.1) is 18.6 Å². The Morgan fingerprint density at radius 3 is 2.48 bits per heavy atom. The molecule has 2 rings (SSSR count). The Balaban J connectivity index is 2.05. The predicted molar refractivity (Wildman–Crippen MR) is 93.8 cm³/mol. The van der Waals surface area contributed by atoms with Crippen molar-refractivity contribution in [1.82, 2.24) is 0 Å². The lowest BCUT2D eigenvalue weighted by atomic mass is 10.2. The maximum Gasteiger partial charge on any atom is 0.226 e. The van der Waals surface area contributed by atoms with Crippen molar-refractivity contribution in [1.29, 1.82) is 0 Å². The van der Waals surface area contributed by atoms with Gasteiger partial charge in [0.25, 0.3) is 0 Å². The molecule has 0 aliphatic rings. The van der Waals surface area contributed by atoms with Crippen LogP contribution in [0.25, 0.3) is 0 Å². The molecule has 1 N–H and O–H groups in total. The van der Waals surface area contributed by atoms with E-state index in [-0.39, 0.29) is 24.6 Å². The first-order valence-corrected chi connectivity index (χ1v) is 7.95. The molecule has 7 heteroatoms. The number of aryl methyl sites for hydroxylation is 1. The van der Waals surface area contributed by atoms with Crippen LogP contribution in [0.2, 0.25) is 5.02 Å². The highest BCUT2D eigenvalue weighted by atomic mass is 35.5. The van der Waals surface area contributed by atoms with E-state index in [9.17, 15) is 18.4 Å². The van der Waals surface area contributed by atoms with Gasteiger partial charge in [-0.15, -0.1) is 0 Å². The first-order chi connectivity index (χ1) is 11.8. The molecule has 0 bridgehead atoms. The van der Waals surface area contributed by atoms with Gasteiger partial charge in [0.15, 0.2) is 0 Å². The van der Waals surface area contributed by atoms with E-state index in [0.29, 0.717) is 16.8 Å². The molecule has 25 heavy (non-hydrogen) atoms. The third kappa shape index (κ3) is 5.00. The molecule has 0 unspecified atom stereocenters. The van der Waals surface area contributed by atoms with Crippen LogP contribution in [0.4, 0.5) is 20.2 Å². The lowest BCUT2D eigenvalue weighted by Gasteiger charge is -2.21. The van der Waals surface area contributed by atoms with Crippen molar-refractivity contribution in [3.63, 3.8) is 0 Å². The summed E-state index contributed by atoms with van der Waals surface area (Å²) in [5, 5.41) is 3.28. The summed E-state index contributed by atoms with van der Waals surface area (Å²) in [6.07, 6.45) is -0.0432. The Labute approximate surface area is 149 Å². The molecule has 4 nitrogen and oxygen atoms in total. The number of carbonyl (C=O) groups is 2. The fraction of sp³-hybridized carbons (Fsp3) is 0.222. The summed E-state index contributed by atoms with van der Waals surface area (Å²) >= 11 is 5.87. The van der Waals surface area contributed by atoms with Crippen molar-refractivity contribution in [3.05, 3.63) is 58.6 Å². The zero-order valence-electron chi connectivity index (χ0n) is 13.8. The largest absolute Gasteiger partial charge is 0.326 e. The van der Waals surface area contributed by atoms with Crippen molar-refractivity contribution in [3.8, 4) is 0 Å². The molecule has 2 amide bonds. The van der Waals surface area contributed by atoms with Gasteiger partial charge in [-0.1, -0.05) is 11.6 Å². The molecular weight excluding hydrogens is 350 g/mol. The summed E-state index contributed by atoms with van der Waals surface area (Å²) in [5.41, 5.74) is 1.34. The van der Waals surface area contributed by atoms with Gasteiger partial charge in [0, 0.05) is 36.7 Å². The van der Waals surface area contributed by atoms with Gasteiger partial charge in [-0.25, -0.2) is 8.78 Å². The summed E-state index contributed by atoms with van der Waals surface area (Å²) in [6, 6.07) is 7.98.